The molecule has 33 heavy (non-hydrogen) atoms. The zero-order valence-electron chi connectivity index (χ0n) is 19.2. The van der Waals surface area contributed by atoms with E-state index in [1.807, 2.05) is 0 Å². The first-order chi connectivity index (χ1) is 16.3. The second kappa shape index (κ2) is 12.4. The fraction of sp³-hybridized carbons (Fsp3) is 0.200. The molecule has 0 saturated carbocycles. The molecule has 0 spiro atoms. The Morgan fingerprint density at radius 1 is 0.636 bits per heavy atom. The van der Waals surface area contributed by atoms with E-state index in [0.29, 0.717) is 0 Å². The maximum absolute atomic E-state index is 3.87. The Labute approximate surface area is 202 Å². The normalized spacial score (nSPS) is 12.9. The minimum absolute atomic E-state index is 0.122. The van der Waals surface area contributed by atoms with Gasteiger partial charge in [-0.05, 0) is 67.1 Å². The topological polar surface area (TPSA) is 24.1 Å². The molecule has 2 N–H and O–H groups in total. The Morgan fingerprint density at radius 2 is 1.18 bits per heavy atom. The largest absolute Gasteiger partial charge is 0.308 e. The lowest BCUT2D eigenvalue weighted by atomic mass is 9.94. The molecule has 0 unspecified atom stereocenters. The predicted octanol–water partition coefficient (Wildman–Crippen LogP) is 7.30. The lowest BCUT2D eigenvalue weighted by molar-refractivity contribution is 0.432. The van der Waals surface area contributed by atoms with Gasteiger partial charge in [0.2, 0.25) is 0 Å². The van der Waals surface area contributed by atoms with Gasteiger partial charge in [-0.25, -0.2) is 0 Å². The summed E-state index contributed by atoms with van der Waals surface area (Å²) in [6, 6.07) is 41.3. The van der Waals surface area contributed by atoms with Crippen molar-refractivity contribution in [2.24, 2.45) is 0 Å². The van der Waals surface area contributed by atoms with Gasteiger partial charge in [0, 0.05) is 4.90 Å². The van der Waals surface area contributed by atoms with Crippen LogP contribution in [0.5, 0.6) is 0 Å². The van der Waals surface area contributed by atoms with E-state index in [1.54, 1.807) is 11.9 Å². The monoisotopic (exact) mass is 452 g/mol. The van der Waals surface area contributed by atoms with Crippen LogP contribution in [0, 0.1) is 6.92 Å². The van der Waals surface area contributed by atoms with Gasteiger partial charge >= 0.3 is 0 Å². The molecule has 0 fully saturated rings. The highest BCUT2D eigenvalue weighted by Gasteiger charge is 2.24. The maximum Gasteiger partial charge on any atom is 0.0619 e. The van der Waals surface area contributed by atoms with Crippen molar-refractivity contribution in [3.8, 4) is 0 Å². The molecule has 0 amide bonds. The van der Waals surface area contributed by atoms with Gasteiger partial charge in [0.1, 0.15) is 0 Å². The van der Waals surface area contributed by atoms with Crippen molar-refractivity contribution in [1.29, 1.82) is 0 Å². The molecule has 2 atom stereocenters. The predicted molar refractivity (Wildman–Crippen MR) is 141 cm³/mol. The van der Waals surface area contributed by atoms with Crippen LogP contribution in [0.1, 0.15) is 40.8 Å². The number of aryl methyl sites for hydroxylation is 2. The molecule has 0 aliphatic rings. The van der Waals surface area contributed by atoms with Crippen LogP contribution in [-0.2, 0) is 6.42 Å². The van der Waals surface area contributed by atoms with E-state index in [2.05, 4.69) is 132 Å². The zero-order chi connectivity index (χ0) is 22.7. The Balaban J connectivity index is 1.52. The molecular formula is C30H32N2S. The first-order valence-corrected chi connectivity index (χ1v) is 12.5. The summed E-state index contributed by atoms with van der Waals surface area (Å²) in [5.74, 6) is 0. The molecule has 3 heteroatoms. The molecule has 0 aliphatic heterocycles. The third-order valence-electron chi connectivity index (χ3n) is 5.82. The SMILES string of the molecule is Cc1ccc(SN[C@H](c2ccccc2)[C@H](NCCCc2ccccc2)c2ccccc2)cc1. The summed E-state index contributed by atoms with van der Waals surface area (Å²) in [6.07, 6.45) is 2.18. The second-order valence-electron chi connectivity index (χ2n) is 8.35. The highest BCUT2D eigenvalue weighted by molar-refractivity contribution is 7.97. The average molecular weight is 453 g/mol. The highest BCUT2D eigenvalue weighted by atomic mass is 32.2. The summed E-state index contributed by atoms with van der Waals surface area (Å²) in [7, 11) is 0. The van der Waals surface area contributed by atoms with Crippen molar-refractivity contribution < 1.29 is 0 Å². The highest BCUT2D eigenvalue weighted by Crippen LogP contribution is 2.32. The van der Waals surface area contributed by atoms with Crippen molar-refractivity contribution in [3.05, 3.63) is 138 Å². The molecule has 4 aromatic carbocycles. The number of nitrogens with one attached hydrogen (secondary N) is 2. The van der Waals surface area contributed by atoms with Crippen molar-refractivity contribution in [1.82, 2.24) is 10.0 Å². The van der Waals surface area contributed by atoms with Crippen LogP contribution >= 0.6 is 11.9 Å². The smallest absolute Gasteiger partial charge is 0.0619 e. The summed E-state index contributed by atoms with van der Waals surface area (Å²) >= 11 is 1.70. The van der Waals surface area contributed by atoms with E-state index in [-0.39, 0.29) is 12.1 Å². The molecule has 4 aromatic rings. The minimum Gasteiger partial charge on any atom is -0.308 e. The quantitative estimate of drug-likeness (QED) is 0.184. The van der Waals surface area contributed by atoms with Crippen LogP contribution in [0.15, 0.2) is 120 Å². The Hall–Kier alpha value is -2.85. The van der Waals surface area contributed by atoms with Gasteiger partial charge in [-0.3, -0.25) is 4.72 Å². The standard InChI is InChI=1S/C30H32N2S/c1-24-19-21-28(22-20-24)33-32-30(27-17-9-4-10-18-27)29(26-15-7-3-8-16-26)31-23-11-14-25-12-5-2-6-13-25/h2-10,12-13,15-22,29-32H,11,14,23H2,1H3/t29-,30-/m1/s1. The van der Waals surface area contributed by atoms with E-state index in [1.165, 1.54) is 27.1 Å². The first kappa shape index (κ1) is 23.3. The second-order valence-corrected chi connectivity index (χ2v) is 9.26. The molecule has 0 aromatic heterocycles. The first-order valence-electron chi connectivity index (χ1n) is 11.7. The Morgan fingerprint density at radius 3 is 1.79 bits per heavy atom. The number of hydrogen-bond acceptors (Lipinski definition) is 3. The van der Waals surface area contributed by atoms with Crippen molar-refractivity contribution in [2.75, 3.05) is 6.54 Å². The van der Waals surface area contributed by atoms with Crippen LogP contribution in [0.3, 0.4) is 0 Å². The van der Waals surface area contributed by atoms with E-state index >= 15 is 0 Å². The molecule has 2 nitrogen and oxygen atoms in total. The van der Waals surface area contributed by atoms with Crippen molar-refractivity contribution in [3.63, 3.8) is 0 Å². The van der Waals surface area contributed by atoms with Gasteiger partial charge in [-0.1, -0.05) is 109 Å². The van der Waals surface area contributed by atoms with Crippen LogP contribution in [0.25, 0.3) is 0 Å². The van der Waals surface area contributed by atoms with Crippen LogP contribution in [0.2, 0.25) is 0 Å². The minimum atomic E-state index is 0.122. The Kier molecular flexibility index (Phi) is 8.76. The molecule has 0 aliphatic carbocycles. The summed E-state index contributed by atoms with van der Waals surface area (Å²) in [4.78, 5) is 1.22. The average Bonchev–Trinajstić information content (AvgIpc) is 2.88. The molecule has 0 bridgehead atoms. The lowest BCUT2D eigenvalue weighted by Gasteiger charge is -2.30. The number of hydrogen-bond donors (Lipinski definition) is 2. The summed E-state index contributed by atoms with van der Waals surface area (Å²) in [5.41, 5.74) is 5.24. The van der Waals surface area contributed by atoms with Gasteiger partial charge in [-0.2, -0.15) is 0 Å². The molecule has 168 valence electrons. The lowest BCUT2D eigenvalue weighted by Crippen LogP contribution is -2.33. The van der Waals surface area contributed by atoms with E-state index in [0.717, 1.165) is 19.4 Å². The van der Waals surface area contributed by atoms with Gasteiger partial charge in [0.25, 0.3) is 0 Å². The zero-order valence-corrected chi connectivity index (χ0v) is 20.0. The maximum atomic E-state index is 3.87. The van der Waals surface area contributed by atoms with Crippen molar-refractivity contribution in [2.45, 2.75) is 36.7 Å². The van der Waals surface area contributed by atoms with E-state index in [4.69, 9.17) is 0 Å². The van der Waals surface area contributed by atoms with Crippen molar-refractivity contribution >= 4 is 11.9 Å². The van der Waals surface area contributed by atoms with Crippen LogP contribution in [-0.4, -0.2) is 6.54 Å². The van der Waals surface area contributed by atoms with E-state index < -0.39 is 0 Å². The molecule has 4 rings (SSSR count). The number of rotatable bonds is 11. The van der Waals surface area contributed by atoms with Gasteiger partial charge < -0.3 is 5.32 Å². The summed E-state index contributed by atoms with van der Waals surface area (Å²) < 4.78 is 3.78. The molecular weight excluding hydrogens is 420 g/mol. The summed E-state index contributed by atoms with van der Waals surface area (Å²) in [5, 5.41) is 3.87. The summed E-state index contributed by atoms with van der Waals surface area (Å²) in [6.45, 7) is 3.08. The fourth-order valence-electron chi connectivity index (χ4n) is 4.01. The van der Waals surface area contributed by atoms with Gasteiger partial charge in [0.15, 0.2) is 0 Å². The van der Waals surface area contributed by atoms with Gasteiger partial charge in [0.05, 0.1) is 12.1 Å². The fourth-order valence-corrected chi connectivity index (χ4v) is 4.82. The Bertz CT molecular complexity index is 1070. The molecule has 0 radical (unpaired) electrons. The number of benzene rings is 4. The third-order valence-corrected chi connectivity index (χ3v) is 6.70. The third kappa shape index (κ3) is 7.06. The van der Waals surface area contributed by atoms with Gasteiger partial charge in [-0.15, -0.1) is 0 Å². The molecule has 0 heterocycles. The van der Waals surface area contributed by atoms with Crippen LogP contribution in [0.4, 0.5) is 0 Å². The van der Waals surface area contributed by atoms with E-state index in [9.17, 15) is 0 Å². The van der Waals surface area contributed by atoms with Crippen LogP contribution < -0.4 is 10.0 Å². The molecule has 0 saturated heterocycles.